The molecular formula is C13H20N2S. The van der Waals surface area contributed by atoms with Crippen LogP contribution in [0.25, 0.3) is 0 Å². The normalized spacial score (nSPS) is 23.9. The number of aromatic nitrogens is 1. The predicted octanol–water partition coefficient (Wildman–Crippen LogP) is 3.10. The molecule has 0 aromatic carbocycles. The monoisotopic (exact) mass is 236 g/mol. The minimum Gasteiger partial charge on any atom is -0.330 e. The smallest absolute Gasteiger partial charge is 0.0962 e. The van der Waals surface area contributed by atoms with Crippen molar-refractivity contribution < 1.29 is 0 Å². The van der Waals surface area contributed by atoms with E-state index in [4.69, 9.17) is 10.7 Å². The van der Waals surface area contributed by atoms with Crippen LogP contribution in [-0.2, 0) is 5.41 Å². The van der Waals surface area contributed by atoms with Crippen molar-refractivity contribution >= 4 is 11.3 Å². The summed E-state index contributed by atoms with van der Waals surface area (Å²) in [5.41, 5.74) is 7.55. The third kappa shape index (κ3) is 1.45. The molecule has 1 heterocycles. The highest BCUT2D eigenvalue weighted by atomic mass is 32.1. The van der Waals surface area contributed by atoms with Gasteiger partial charge in [-0.05, 0) is 32.6 Å². The van der Waals surface area contributed by atoms with Gasteiger partial charge in [-0.15, -0.1) is 11.3 Å². The lowest BCUT2D eigenvalue weighted by atomic mass is 9.67. The van der Waals surface area contributed by atoms with Gasteiger partial charge in [-0.2, -0.15) is 0 Å². The minimum absolute atomic E-state index is 0.309. The highest BCUT2D eigenvalue weighted by Gasteiger charge is 2.41. The van der Waals surface area contributed by atoms with Gasteiger partial charge in [0, 0.05) is 22.8 Å². The van der Waals surface area contributed by atoms with Crippen molar-refractivity contribution in [2.24, 2.45) is 5.73 Å². The van der Waals surface area contributed by atoms with Gasteiger partial charge in [0.1, 0.15) is 0 Å². The Labute approximate surface area is 101 Å². The summed E-state index contributed by atoms with van der Waals surface area (Å²) in [6, 6.07) is 0. The van der Waals surface area contributed by atoms with Crippen LogP contribution in [0.1, 0.15) is 60.0 Å². The maximum Gasteiger partial charge on any atom is 0.0962 e. The quantitative estimate of drug-likeness (QED) is 0.876. The first-order chi connectivity index (χ1) is 7.75. The van der Waals surface area contributed by atoms with E-state index in [2.05, 4.69) is 6.92 Å². The van der Waals surface area contributed by atoms with Crippen molar-refractivity contribution in [1.82, 2.24) is 4.98 Å². The maximum absolute atomic E-state index is 5.98. The van der Waals surface area contributed by atoms with Crippen molar-refractivity contribution in [3.05, 3.63) is 15.6 Å². The van der Waals surface area contributed by atoms with E-state index in [1.165, 1.54) is 54.1 Å². The molecule has 1 aromatic heterocycles. The van der Waals surface area contributed by atoms with Gasteiger partial charge in [-0.25, -0.2) is 4.98 Å². The van der Waals surface area contributed by atoms with E-state index in [-0.39, 0.29) is 0 Å². The number of thiazole rings is 1. The first-order valence-electron chi connectivity index (χ1n) is 6.43. The largest absolute Gasteiger partial charge is 0.330 e. The summed E-state index contributed by atoms with van der Waals surface area (Å²) in [4.78, 5) is 6.29. The molecule has 1 aromatic rings. The van der Waals surface area contributed by atoms with Crippen LogP contribution in [-0.4, -0.2) is 11.5 Å². The Morgan fingerprint density at radius 1 is 1.38 bits per heavy atom. The Kier molecular flexibility index (Phi) is 2.55. The number of nitrogens with two attached hydrogens (primary N) is 1. The summed E-state index contributed by atoms with van der Waals surface area (Å²) in [6.45, 7) is 2.98. The zero-order chi connectivity index (χ0) is 11.2. The zero-order valence-electron chi connectivity index (χ0n) is 9.96. The average Bonchev–Trinajstić information content (AvgIpc) is 2.45. The van der Waals surface area contributed by atoms with E-state index >= 15 is 0 Å². The van der Waals surface area contributed by atoms with Crippen molar-refractivity contribution in [1.29, 1.82) is 0 Å². The summed E-state index contributed by atoms with van der Waals surface area (Å²) in [5, 5.41) is 1.39. The molecule has 16 heavy (non-hydrogen) atoms. The number of rotatable bonds is 3. The van der Waals surface area contributed by atoms with Crippen LogP contribution in [0.5, 0.6) is 0 Å². The lowest BCUT2D eigenvalue weighted by molar-refractivity contribution is 0.257. The maximum atomic E-state index is 5.98. The number of nitrogens with zero attached hydrogens (tertiary/aromatic N) is 1. The first kappa shape index (κ1) is 10.7. The van der Waals surface area contributed by atoms with Crippen LogP contribution in [0.4, 0.5) is 0 Å². The van der Waals surface area contributed by atoms with Crippen LogP contribution >= 0.6 is 11.3 Å². The third-order valence-electron chi connectivity index (χ3n) is 4.45. The van der Waals surface area contributed by atoms with Gasteiger partial charge in [0.25, 0.3) is 0 Å². The van der Waals surface area contributed by atoms with Crippen LogP contribution in [0.2, 0.25) is 0 Å². The molecule has 0 radical (unpaired) electrons. The lowest BCUT2D eigenvalue weighted by Crippen LogP contribution is -2.41. The van der Waals surface area contributed by atoms with Gasteiger partial charge >= 0.3 is 0 Å². The second kappa shape index (κ2) is 3.81. The Balaban J connectivity index is 1.91. The second-order valence-electron chi connectivity index (χ2n) is 5.43. The molecular weight excluding hydrogens is 216 g/mol. The van der Waals surface area contributed by atoms with Gasteiger partial charge in [0.15, 0.2) is 0 Å². The van der Waals surface area contributed by atoms with E-state index in [1.807, 2.05) is 11.3 Å². The summed E-state index contributed by atoms with van der Waals surface area (Å²) >= 11 is 1.96. The van der Waals surface area contributed by atoms with Gasteiger partial charge in [0.05, 0.1) is 10.7 Å². The number of hydrogen-bond donors (Lipinski definition) is 1. The summed E-state index contributed by atoms with van der Waals surface area (Å²) in [5.74, 6) is 0.771. The molecule has 2 fully saturated rings. The van der Waals surface area contributed by atoms with Crippen molar-refractivity contribution in [3.8, 4) is 0 Å². The molecule has 0 atom stereocenters. The van der Waals surface area contributed by atoms with Gasteiger partial charge < -0.3 is 5.73 Å². The molecule has 88 valence electrons. The predicted molar refractivity (Wildman–Crippen MR) is 68.0 cm³/mol. The van der Waals surface area contributed by atoms with Gasteiger partial charge in [0.2, 0.25) is 0 Å². The Hall–Kier alpha value is -0.410. The Morgan fingerprint density at radius 3 is 2.56 bits per heavy atom. The molecule has 2 N–H and O–H groups in total. The molecule has 2 saturated carbocycles. The van der Waals surface area contributed by atoms with E-state index in [0.29, 0.717) is 5.41 Å². The third-order valence-corrected chi connectivity index (χ3v) is 6.02. The first-order valence-corrected chi connectivity index (χ1v) is 7.25. The highest BCUT2D eigenvalue weighted by molar-refractivity contribution is 7.12. The summed E-state index contributed by atoms with van der Waals surface area (Å²) in [7, 11) is 0. The average molecular weight is 236 g/mol. The molecule has 2 aliphatic rings. The van der Waals surface area contributed by atoms with E-state index < -0.39 is 0 Å². The van der Waals surface area contributed by atoms with Crippen LogP contribution in [0.15, 0.2) is 0 Å². The molecule has 0 aliphatic heterocycles. The zero-order valence-corrected chi connectivity index (χ0v) is 10.8. The highest BCUT2D eigenvalue weighted by Crippen LogP contribution is 2.48. The van der Waals surface area contributed by atoms with Crippen molar-refractivity contribution in [3.63, 3.8) is 0 Å². The standard InChI is InChI=1S/C13H20N2S/c1-9-11(13(8-14)6-3-7-13)16-12(15-9)10-4-2-5-10/h10H,2-8,14H2,1H3. The SMILES string of the molecule is Cc1nc(C2CCC2)sc1C1(CN)CCC1. The molecule has 3 rings (SSSR count). The number of aryl methyl sites for hydroxylation is 1. The second-order valence-corrected chi connectivity index (χ2v) is 6.46. The summed E-state index contributed by atoms with van der Waals surface area (Å²) < 4.78 is 0. The van der Waals surface area contributed by atoms with Crippen molar-refractivity contribution in [2.75, 3.05) is 6.54 Å². The fourth-order valence-corrected chi connectivity index (χ4v) is 4.36. The van der Waals surface area contributed by atoms with Crippen LogP contribution < -0.4 is 5.73 Å². The molecule has 0 saturated heterocycles. The molecule has 2 nitrogen and oxygen atoms in total. The minimum atomic E-state index is 0.309. The molecule has 0 spiro atoms. The molecule has 2 aliphatic carbocycles. The number of hydrogen-bond acceptors (Lipinski definition) is 3. The fraction of sp³-hybridized carbons (Fsp3) is 0.769. The topological polar surface area (TPSA) is 38.9 Å². The van der Waals surface area contributed by atoms with E-state index in [1.54, 1.807) is 0 Å². The summed E-state index contributed by atoms with van der Waals surface area (Å²) in [6.07, 6.45) is 7.98. The van der Waals surface area contributed by atoms with E-state index in [0.717, 1.165) is 12.5 Å². The molecule has 0 bridgehead atoms. The molecule has 0 unspecified atom stereocenters. The fourth-order valence-electron chi connectivity index (χ4n) is 2.87. The van der Waals surface area contributed by atoms with Gasteiger partial charge in [-0.3, -0.25) is 0 Å². The molecule has 0 amide bonds. The van der Waals surface area contributed by atoms with Crippen LogP contribution in [0.3, 0.4) is 0 Å². The Morgan fingerprint density at radius 2 is 2.12 bits per heavy atom. The lowest BCUT2D eigenvalue weighted by Gasteiger charge is -2.40. The van der Waals surface area contributed by atoms with Gasteiger partial charge in [-0.1, -0.05) is 12.8 Å². The van der Waals surface area contributed by atoms with Crippen LogP contribution in [0, 0.1) is 6.92 Å². The van der Waals surface area contributed by atoms with E-state index in [9.17, 15) is 0 Å². The molecule has 3 heteroatoms. The Bertz CT molecular complexity index is 383. The van der Waals surface area contributed by atoms with Crippen molar-refractivity contribution in [2.45, 2.75) is 56.8 Å².